The molecule has 0 saturated carbocycles. The van der Waals surface area contributed by atoms with Crippen molar-refractivity contribution in [3.63, 3.8) is 0 Å². The molecule has 1 heteroatoms. The van der Waals surface area contributed by atoms with Gasteiger partial charge in [-0.15, -0.1) is 0 Å². The Bertz CT molecular complexity index is 220. The van der Waals surface area contributed by atoms with E-state index in [1.54, 1.807) is 33.7 Å². The van der Waals surface area contributed by atoms with E-state index < -0.39 is 17.3 Å². The van der Waals surface area contributed by atoms with Gasteiger partial charge in [-0.1, -0.05) is 0 Å². The van der Waals surface area contributed by atoms with Crippen LogP contribution in [-0.2, 0) is 17.3 Å². The van der Waals surface area contributed by atoms with Gasteiger partial charge < -0.3 is 0 Å². The van der Waals surface area contributed by atoms with Crippen LogP contribution in [-0.4, -0.2) is 0 Å². The second-order valence-corrected chi connectivity index (χ2v) is 15.6. The van der Waals surface area contributed by atoms with Gasteiger partial charge in [0.25, 0.3) is 0 Å². The fourth-order valence-corrected chi connectivity index (χ4v) is 10.6. The Morgan fingerprint density at radius 2 is 0.500 bits per heavy atom. The van der Waals surface area contributed by atoms with Crippen LogP contribution in [0.1, 0.15) is 156 Å². The fraction of sp³-hybridized carbons (Fsp3) is 1.00. The zero-order valence-corrected chi connectivity index (χ0v) is 22.6. The van der Waals surface area contributed by atoms with Gasteiger partial charge in [0.05, 0.1) is 0 Å². The monoisotopic (exact) mass is 576 g/mol. The maximum atomic E-state index is 2.32. The molecule has 175 valence electrons. The van der Waals surface area contributed by atoms with Crippen molar-refractivity contribution in [2.45, 2.75) is 170 Å². The molecule has 0 heterocycles. The van der Waals surface area contributed by atoms with E-state index in [1.165, 1.54) is 116 Å². The summed E-state index contributed by atoms with van der Waals surface area (Å²) >= 11 is -0.625. The van der Waals surface area contributed by atoms with Crippen molar-refractivity contribution in [3.8, 4) is 0 Å². The minimum absolute atomic E-state index is 0.625. The van der Waals surface area contributed by atoms with Gasteiger partial charge in [-0.3, -0.25) is 0 Å². The van der Waals surface area contributed by atoms with E-state index in [0.717, 1.165) is 0 Å². The number of unbranched alkanes of at least 4 members (excludes halogenated alkanes) is 18. The molecule has 0 saturated heterocycles. The quantitative estimate of drug-likeness (QED) is 0.100. The van der Waals surface area contributed by atoms with E-state index in [-0.39, 0.29) is 0 Å². The zero-order chi connectivity index (χ0) is 20.5. The first-order valence-corrected chi connectivity index (χ1v) is 18.1. The van der Waals surface area contributed by atoms with Crippen LogP contribution in [0.5, 0.6) is 0 Å². The van der Waals surface area contributed by atoms with Gasteiger partial charge in [0, 0.05) is 0 Å². The zero-order valence-electron chi connectivity index (χ0n) is 20.3. The average molecular weight is 577 g/mol. The fourth-order valence-electron chi connectivity index (χ4n) is 3.82. The summed E-state index contributed by atoms with van der Waals surface area (Å²) in [6.07, 6.45) is 31.3. The summed E-state index contributed by atoms with van der Waals surface area (Å²) in [5.41, 5.74) is 0. The van der Waals surface area contributed by atoms with Gasteiger partial charge in [-0.2, -0.15) is 0 Å². The molecule has 0 amide bonds. The Kier molecular flexibility index (Phi) is 26.4. The molecule has 0 aromatic carbocycles. The summed E-state index contributed by atoms with van der Waals surface area (Å²) in [6.45, 7) is 6.97. The van der Waals surface area contributed by atoms with Crippen LogP contribution in [0.15, 0.2) is 0 Å². The van der Waals surface area contributed by atoms with Crippen LogP contribution in [0.2, 0.25) is 14.4 Å². The van der Waals surface area contributed by atoms with E-state index in [1.807, 2.05) is 0 Å². The number of rotatable bonds is 24. The van der Waals surface area contributed by atoms with Gasteiger partial charge >= 0.3 is 187 Å². The molecule has 0 N–H and O–H groups in total. The molecule has 0 aliphatic carbocycles. The van der Waals surface area contributed by atoms with E-state index in [2.05, 4.69) is 20.8 Å². The molecule has 0 unspecified atom stereocenters. The normalized spacial score (nSPS) is 11.9. The maximum absolute atomic E-state index is 2.32. The summed E-state index contributed by atoms with van der Waals surface area (Å²) in [4.78, 5) is 5.05. The molecule has 0 spiro atoms. The molecule has 0 bridgehead atoms. The topological polar surface area (TPSA) is 0 Å². The van der Waals surface area contributed by atoms with Crippen LogP contribution in [0.3, 0.4) is 0 Å². The predicted molar refractivity (Wildman–Crippen MR) is 128 cm³/mol. The molecule has 0 aliphatic rings. The van der Waals surface area contributed by atoms with Gasteiger partial charge in [-0.05, 0) is 0 Å². The van der Waals surface area contributed by atoms with E-state index >= 15 is 0 Å². The molecule has 0 radical (unpaired) electrons. The van der Waals surface area contributed by atoms with E-state index in [9.17, 15) is 0 Å². The van der Waals surface area contributed by atoms with Crippen LogP contribution in [0.4, 0.5) is 0 Å². The molecule has 28 heavy (non-hydrogen) atoms. The van der Waals surface area contributed by atoms with E-state index in [0.29, 0.717) is 0 Å². The Hall–Kier alpha value is 0.688. The van der Waals surface area contributed by atoms with Crippen molar-refractivity contribution in [2.75, 3.05) is 0 Å². The Labute approximate surface area is 187 Å². The van der Waals surface area contributed by atoms with Crippen molar-refractivity contribution in [1.29, 1.82) is 0 Å². The Morgan fingerprint density at radius 1 is 0.286 bits per heavy atom. The third-order valence-corrected chi connectivity index (χ3v) is 13.0. The molecule has 0 atom stereocenters. The second-order valence-electron chi connectivity index (χ2n) is 8.81. The molecular formula is C27H57Pt. The van der Waals surface area contributed by atoms with Crippen molar-refractivity contribution < 1.29 is 17.3 Å². The van der Waals surface area contributed by atoms with Gasteiger partial charge in [-0.25, -0.2) is 0 Å². The molecular weight excluding hydrogens is 519 g/mol. The average Bonchev–Trinajstić information content (AvgIpc) is 2.71. The summed E-state index contributed by atoms with van der Waals surface area (Å²) in [5, 5.41) is 0. The van der Waals surface area contributed by atoms with Gasteiger partial charge in [0.15, 0.2) is 0 Å². The molecule has 0 fully saturated rings. The summed E-state index contributed by atoms with van der Waals surface area (Å²) in [6, 6.07) is 0. The second kappa shape index (κ2) is 25.7. The standard InChI is InChI=1S/3C9H19.Pt/c3*1-3-5-7-9-8-6-4-2;/h3*1,3-9H2,2H3;. The van der Waals surface area contributed by atoms with Crippen molar-refractivity contribution in [3.05, 3.63) is 0 Å². The Morgan fingerprint density at radius 3 is 0.750 bits per heavy atom. The first kappa shape index (κ1) is 28.7. The van der Waals surface area contributed by atoms with Crippen molar-refractivity contribution >= 4 is 0 Å². The third-order valence-electron chi connectivity index (χ3n) is 5.82. The Balaban J connectivity index is 3.80. The summed E-state index contributed by atoms with van der Waals surface area (Å²) in [5.74, 6) is 0. The van der Waals surface area contributed by atoms with Crippen LogP contribution in [0, 0.1) is 0 Å². The number of hydrogen-bond acceptors (Lipinski definition) is 0. The molecule has 0 aromatic heterocycles. The summed E-state index contributed by atoms with van der Waals surface area (Å²) in [7, 11) is 0. The van der Waals surface area contributed by atoms with Crippen molar-refractivity contribution in [2.24, 2.45) is 0 Å². The summed E-state index contributed by atoms with van der Waals surface area (Å²) < 4.78 is 0. The van der Waals surface area contributed by atoms with E-state index in [4.69, 9.17) is 0 Å². The van der Waals surface area contributed by atoms with Crippen LogP contribution < -0.4 is 0 Å². The van der Waals surface area contributed by atoms with Crippen LogP contribution in [0.25, 0.3) is 0 Å². The van der Waals surface area contributed by atoms with Gasteiger partial charge in [0.1, 0.15) is 0 Å². The first-order chi connectivity index (χ1) is 13.8. The minimum atomic E-state index is -0.625. The molecule has 0 nitrogen and oxygen atoms in total. The SMILES string of the molecule is CCCCCCCC[CH2][Pt]([CH2]CCCCCCCC)[CH2]CCCCCCCC. The molecule has 0 aliphatic heterocycles. The molecule has 0 rings (SSSR count). The first-order valence-electron chi connectivity index (χ1n) is 13.3. The molecule has 0 aromatic rings. The third kappa shape index (κ3) is 23.0. The van der Waals surface area contributed by atoms with Crippen molar-refractivity contribution in [1.82, 2.24) is 0 Å². The van der Waals surface area contributed by atoms with Gasteiger partial charge in [0.2, 0.25) is 0 Å². The van der Waals surface area contributed by atoms with Crippen LogP contribution >= 0.6 is 0 Å². The predicted octanol–water partition coefficient (Wildman–Crippen LogP) is 11.1. The number of hydrogen-bond donors (Lipinski definition) is 0.